The smallest absolute Gasteiger partial charge is 0.418 e. The molecule has 2 aromatic heterocycles. The number of anilines is 2. The quantitative estimate of drug-likeness (QED) is 0.190. The molecule has 0 radical (unpaired) electrons. The van der Waals surface area contributed by atoms with Crippen molar-refractivity contribution in [1.82, 2.24) is 25.6 Å². The highest BCUT2D eigenvalue weighted by atomic mass is 19.4. The van der Waals surface area contributed by atoms with Gasteiger partial charge in [0, 0.05) is 12.6 Å². The van der Waals surface area contributed by atoms with Crippen molar-refractivity contribution < 1.29 is 49.4 Å². The van der Waals surface area contributed by atoms with E-state index in [1.165, 1.54) is 0 Å². The molecule has 0 atom stereocenters. The lowest BCUT2D eigenvalue weighted by atomic mass is 9.85. The Morgan fingerprint density at radius 3 is 2.36 bits per heavy atom. The van der Waals surface area contributed by atoms with Gasteiger partial charge in [0.25, 0.3) is 12.3 Å². The number of carbonyl (C=O) groups excluding carboxylic acids is 2. The largest absolute Gasteiger partial charge is 0.471 e. The Labute approximate surface area is 261 Å². The number of halogens is 8. The van der Waals surface area contributed by atoms with Crippen LogP contribution in [0.25, 0.3) is 11.2 Å². The number of nitriles is 1. The summed E-state index contributed by atoms with van der Waals surface area (Å²) in [5.74, 6) is -3.72. The summed E-state index contributed by atoms with van der Waals surface area (Å²) >= 11 is 0. The molecular weight excluding hydrogens is 646 g/mol. The van der Waals surface area contributed by atoms with Crippen LogP contribution >= 0.6 is 0 Å². The fourth-order valence-corrected chi connectivity index (χ4v) is 5.27. The van der Waals surface area contributed by atoms with Crippen LogP contribution in [0.1, 0.15) is 60.0 Å². The second kappa shape index (κ2) is 12.8. The summed E-state index contributed by atoms with van der Waals surface area (Å²) in [6.45, 7) is -1.32. The number of carbonyl (C=O) groups is 2. The number of hydrogen-bond donors (Lipinski definition) is 4. The van der Waals surface area contributed by atoms with E-state index in [1.54, 1.807) is 0 Å². The maximum Gasteiger partial charge on any atom is 0.418 e. The average Bonchev–Trinajstić information content (AvgIpc) is 3.71. The highest BCUT2D eigenvalue weighted by Crippen LogP contribution is 2.45. The Balaban J connectivity index is 1.38. The number of H-pyrrole nitrogens is 1. The standard InChI is InChI=1S/C29H27F8N7O3/c30-21(31)12-47-24-17(23(45)40-16-4-2-15(3-5-16)28(32,33)34)10-20-22(43-24)44-26(42-20)41-19-9-14(1-6-18(19)29(35,36)37)11-39-25(46)27(13-38)7-8-27/h1,6,9-10,15-16,21H,2-5,7-8,11-12H2,(H,39,46)(H,40,45)(H2,41,42,43,44). The molecule has 0 unspecified atom stereocenters. The molecule has 2 aliphatic rings. The van der Waals surface area contributed by atoms with Gasteiger partial charge in [-0.25, -0.2) is 8.78 Å². The molecule has 0 saturated heterocycles. The van der Waals surface area contributed by atoms with Gasteiger partial charge in [-0.1, -0.05) is 6.07 Å². The third-order valence-electron chi connectivity index (χ3n) is 8.05. The molecule has 5 rings (SSSR count). The molecule has 2 heterocycles. The monoisotopic (exact) mass is 673 g/mol. The molecule has 18 heteroatoms. The van der Waals surface area contributed by atoms with Crippen LogP contribution in [0, 0.1) is 22.7 Å². The fraction of sp³-hybridized carbons (Fsp3) is 0.483. The van der Waals surface area contributed by atoms with Crippen molar-refractivity contribution >= 4 is 34.6 Å². The van der Waals surface area contributed by atoms with Crippen LogP contribution in [0.15, 0.2) is 24.3 Å². The number of benzene rings is 1. The lowest BCUT2D eigenvalue weighted by molar-refractivity contribution is -0.182. The van der Waals surface area contributed by atoms with Crippen LogP contribution in [0.3, 0.4) is 0 Å². The fourth-order valence-electron chi connectivity index (χ4n) is 5.27. The maximum absolute atomic E-state index is 13.9. The van der Waals surface area contributed by atoms with Gasteiger partial charge in [0.2, 0.25) is 17.7 Å². The summed E-state index contributed by atoms with van der Waals surface area (Å²) in [4.78, 5) is 36.2. The molecule has 0 bridgehead atoms. The topological polar surface area (TPSA) is 145 Å². The molecule has 10 nitrogen and oxygen atoms in total. The summed E-state index contributed by atoms with van der Waals surface area (Å²) in [6, 6.07) is 5.51. The minimum absolute atomic E-state index is 0.00559. The zero-order valence-electron chi connectivity index (χ0n) is 24.3. The van der Waals surface area contributed by atoms with Crippen LogP contribution < -0.4 is 20.7 Å². The van der Waals surface area contributed by atoms with Crippen molar-refractivity contribution in [1.29, 1.82) is 5.26 Å². The molecule has 47 heavy (non-hydrogen) atoms. The van der Waals surface area contributed by atoms with Gasteiger partial charge in [-0.15, -0.1) is 0 Å². The molecule has 2 saturated carbocycles. The normalized spacial score (nSPS) is 19.2. The van der Waals surface area contributed by atoms with E-state index in [1.807, 2.05) is 6.07 Å². The number of amides is 2. The number of alkyl halides is 8. The number of pyridine rings is 1. The molecule has 3 aromatic rings. The summed E-state index contributed by atoms with van der Waals surface area (Å²) in [5.41, 5.74) is -2.96. The molecule has 4 N–H and O–H groups in total. The van der Waals surface area contributed by atoms with Crippen LogP contribution in [-0.2, 0) is 17.5 Å². The molecule has 2 aliphatic carbocycles. The van der Waals surface area contributed by atoms with E-state index in [-0.39, 0.29) is 60.5 Å². The average molecular weight is 674 g/mol. The van der Waals surface area contributed by atoms with Gasteiger partial charge in [-0.05, 0) is 62.3 Å². The van der Waals surface area contributed by atoms with Gasteiger partial charge >= 0.3 is 12.4 Å². The predicted molar refractivity (Wildman–Crippen MR) is 149 cm³/mol. The van der Waals surface area contributed by atoms with E-state index < -0.39 is 71.7 Å². The minimum atomic E-state index is -4.81. The molecular formula is C29H27F8N7O3. The first kappa shape index (κ1) is 33.7. The zero-order chi connectivity index (χ0) is 34.1. The Kier molecular flexibility index (Phi) is 9.20. The number of nitrogens with zero attached hydrogens (tertiary/aromatic N) is 3. The van der Waals surface area contributed by atoms with Crippen molar-refractivity contribution in [3.63, 3.8) is 0 Å². The SMILES string of the molecule is N#CC1(C(=O)NCc2ccc(C(F)(F)F)c(Nc3nc4nc(OCC(F)F)c(C(=O)NC5CCC(C(F)(F)F)CC5)cc4[nH]3)c2)CC1. The van der Waals surface area contributed by atoms with Crippen molar-refractivity contribution in [3.05, 3.63) is 41.0 Å². The number of aromatic nitrogens is 3. The van der Waals surface area contributed by atoms with Gasteiger partial charge in [0.1, 0.15) is 11.0 Å². The lowest BCUT2D eigenvalue weighted by Gasteiger charge is -2.30. The summed E-state index contributed by atoms with van der Waals surface area (Å²) in [6.07, 6.45) is -11.7. The van der Waals surface area contributed by atoms with E-state index >= 15 is 0 Å². The second-order valence-corrected chi connectivity index (χ2v) is 11.4. The van der Waals surface area contributed by atoms with Crippen molar-refractivity contribution in [2.24, 2.45) is 11.3 Å². The van der Waals surface area contributed by atoms with Gasteiger partial charge in [-0.2, -0.15) is 41.6 Å². The van der Waals surface area contributed by atoms with Crippen molar-refractivity contribution in [3.8, 4) is 11.9 Å². The lowest BCUT2D eigenvalue weighted by Crippen LogP contribution is -2.40. The molecule has 1 aromatic carbocycles. The molecule has 0 aliphatic heterocycles. The van der Waals surface area contributed by atoms with Crippen LogP contribution in [-0.4, -0.2) is 52.0 Å². The maximum atomic E-state index is 13.9. The first-order chi connectivity index (χ1) is 22.1. The van der Waals surface area contributed by atoms with E-state index in [9.17, 15) is 50.0 Å². The number of ether oxygens (including phenoxy) is 1. The Morgan fingerprint density at radius 2 is 1.77 bits per heavy atom. The van der Waals surface area contributed by atoms with Gasteiger partial charge in [0.05, 0.1) is 28.8 Å². The summed E-state index contributed by atoms with van der Waals surface area (Å²) < 4.78 is 112. The highest BCUT2D eigenvalue weighted by molar-refractivity contribution is 5.99. The van der Waals surface area contributed by atoms with Gasteiger partial charge in [0.15, 0.2) is 12.3 Å². The molecule has 252 valence electrons. The number of hydrogen-bond acceptors (Lipinski definition) is 7. The van der Waals surface area contributed by atoms with Crippen molar-refractivity contribution in [2.75, 3.05) is 11.9 Å². The van der Waals surface area contributed by atoms with Crippen LogP contribution in [0.5, 0.6) is 5.88 Å². The second-order valence-electron chi connectivity index (χ2n) is 11.4. The molecule has 2 amide bonds. The zero-order valence-corrected chi connectivity index (χ0v) is 24.3. The van der Waals surface area contributed by atoms with E-state index in [0.717, 1.165) is 24.3 Å². The number of rotatable bonds is 10. The minimum Gasteiger partial charge on any atom is -0.471 e. The molecule has 2 fully saturated rings. The predicted octanol–water partition coefficient (Wildman–Crippen LogP) is 6.14. The van der Waals surface area contributed by atoms with Gasteiger partial charge < -0.3 is 25.7 Å². The summed E-state index contributed by atoms with van der Waals surface area (Å²) in [7, 11) is 0. The number of imidazole rings is 1. The van der Waals surface area contributed by atoms with Crippen LogP contribution in [0.4, 0.5) is 46.8 Å². The van der Waals surface area contributed by atoms with E-state index in [0.29, 0.717) is 12.8 Å². The number of nitrogens with one attached hydrogen (secondary N) is 4. The third kappa shape index (κ3) is 7.83. The summed E-state index contributed by atoms with van der Waals surface area (Å²) in [5, 5.41) is 16.8. The number of fused-ring (bicyclic) bond motifs is 1. The first-order valence-corrected chi connectivity index (χ1v) is 14.4. The Morgan fingerprint density at radius 1 is 1.06 bits per heavy atom. The highest BCUT2D eigenvalue weighted by Gasteiger charge is 2.50. The Hall–Kier alpha value is -4.69. The third-order valence-corrected chi connectivity index (χ3v) is 8.05. The van der Waals surface area contributed by atoms with Gasteiger partial charge in [-0.3, -0.25) is 9.59 Å². The van der Waals surface area contributed by atoms with E-state index in [2.05, 4.69) is 30.9 Å². The van der Waals surface area contributed by atoms with Crippen molar-refractivity contribution in [2.45, 2.75) is 69.9 Å². The Bertz CT molecular complexity index is 1690. The van der Waals surface area contributed by atoms with Crippen LogP contribution in [0.2, 0.25) is 0 Å². The first-order valence-electron chi connectivity index (χ1n) is 14.4. The molecule has 0 spiro atoms. The van der Waals surface area contributed by atoms with E-state index in [4.69, 9.17) is 4.74 Å². The number of aromatic amines is 1.